The smallest absolute Gasteiger partial charge is 0.295 e. The Labute approximate surface area is 115 Å². The van der Waals surface area contributed by atoms with Crippen LogP contribution in [0.15, 0.2) is 36.4 Å². The van der Waals surface area contributed by atoms with Crippen LogP contribution >= 0.6 is 0 Å². The summed E-state index contributed by atoms with van der Waals surface area (Å²) >= 11 is 0. The standard InChI is InChI=1S/C14H13N3O3/c15-13-8-7-12(17(18)19)14(16-13)9-1-3-10(4-2-9)20-11-5-6-11/h1-4,7-8,11H,5-6H2,(H2,15,16). The van der Waals surface area contributed by atoms with Crippen LogP contribution in [0.4, 0.5) is 11.5 Å². The van der Waals surface area contributed by atoms with Crippen LogP contribution in [-0.2, 0) is 0 Å². The van der Waals surface area contributed by atoms with Gasteiger partial charge in [0.2, 0.25) is 0 Å². The van der Waals surface area contributed by atoms with E-state index in [4.69, 9.17) is 10.5 Å². The van der Waals surface area contributed by atoms with Gasteiger partial charge >= 0.3 is 0 Å². The number of nitrogen functional groups attached to an aromatic ring is 1. The second-order valence-electron chi connectivity index (χ2n) is 4.70. The number of anilines is 1. The summed E-state index contributed by atoms with van der Waals surface area (Å²) in [6.07, 6.45) is 2.49. The van der Waals surface area contributed by atoms with E-state index in [0.29, 0.717) is 11.7 Å². The number of nitro groups is 1. The quantitative estimate of drug-likeness (QED) is 0.682. The maximum atomic E-state index is 11.0. The third-order valence-corrected chi connectivity index (χ3v) is 3.05. The average Bonchev–Trinajstić information content (AvgIpc) is 3.23. The summed E-state index contributed by atoms with van der Waals surface area (Å²) < 4.78 is 5.64. The summed E-state index contributed by atoms with van der Waals surface area (Å²) in [5.74, 6) is 1.02. The van der Waals surface area contributed by atoms with E-state index in [-0.39, 0.29) is 17.2 Å². The van der Waals surface area contributed by atoms with E-state index in [2.05, 4.69) is 4.98 Å². The lowest BCUT2D eigenvalue weighted by atomic mass is 10.1. The van der Waals surface area contributed by atoms with Gasteiger partial charge in [0.25, 0.3) is 5.69 Å². The van der Waals surface area contributed by atoms with Crippen molar-refractivity contribution in [1.29, 1.82) is 0 Å². The van der Waals surface area contributed by atoms with Gasteiger partial charge in [0.1, 0.15) is 11.6 Å². The molecule has 3 rings (SSSR count). The van der Waals surface area contributed by atoms with Crippen molar-refractivity contribution in [1.82, 2.24) is 4.98 Å². The van der Waals surface area contributed by atoms with Gasteiger partial charge < -0.3 is 10.5 Å². The summed E-state index contributed by atoms with van der Waals surface area (Å²) in [5, 5.41) is 11.0. The molecule has 0 spiro atoms. The number of nitrogens with two attached hydrogens (primary N) is 1. The Morgan fingerprint density at radius 2 is 1.90 bits per heavy atom. The van der Waals surface area contributed by atoms with Crippen molar-refractivity contribution in [2.24, 2.45) is 0 Å². The lowest BCUT2D eigenvalue weighted by Crippen LogP contribution is -1.99. The molecule has 6 nitrogen and oxygen atoms in total. The number of benzene rings is 1. The van der Waals surface area contributed by atoms with E-state index in [0.717, 1.165) is 18.6 Å². The minimum atomic E-state index is -0.462. The second kappa shape index (κ2) is 4.80. The first-order chi connectivity index (χ1) is 9.63. The Morgan fingerprint density at radius 1 is 1.20 bits per heavy atom. The molecule has 1 aliphatic rings. The van der Waals surface area contributed by atoms with Crippen LogP contribution in [0.3, 0.4) is 0 Å². The van der Waals surface area contributed by atoms with Crippen molar-refractivity contribution >= 4 is 11.5 Å². The number of nitrogens with zero attached hydrogens (tertiary/aromatic N) is 2. The lowest BCUT2D eigenvalue weighted by molar-refractivity contribution is -0.384. The highest BCUT2D eigenvalue weighted by Gasteiger charge is 2.23. The topological polar surface area (TPSA) is 91.3 Å². The third-order valence-electron chi connectivity index (χ3n) is 3.05. The SMILES string of the molecule is Nc1ccc([N+](=O)[O-])c(-c2ccc(OC3CC3)cc2)n1. The first-order valence-corrected chi connectivity index (χ1v) is 6.31. The molecule has 0 amide bonds. The van der Waals surface area contributed by atoms with Gasteiger partial charge in [-0.3, -0.25) is 10.1 Å². The first kappa shape index (κ1) is 12.4. The summed E-state index contributed by atoms with van der Waals surface area (Å²) in [7, 11) is 0. The minimum Gasteiger partial charge on any atom is -0.490 e. The number of hydrogen-bond acceptors (Lipinski definition) is 5. The molecule has 1 aromatic heterocycles. The van der Waals surface area contributed by atoms with Gasteiger partial charge in [-0.1, -0.05) is 0 Å². The number of pyridine rings is 1. The molecule has 0 atom stereocenters. The Morgan fingerprint density at radius 3 is 2.50 bits per heavy atom. The van der Waals surface area contributed by atoms with Crippen LogP contribution in [0.1, 0.15) is 12.8 Å². The summed E-state index contributed by atoms with van der Waals surface area (Å²) in [6, 6.07) is 9.89. The van der Waals surface area contributed by atoms with E-state index in [1.54, 1.807) is 24.3 Å². The van der Waals surface area contributed by atoms with Crippen LogP contribution < -0.4 is 10.5 Å². The highest BCUT2D eigenvalue weighted by Crippen LogP contribution is 2.31. The van der Waals surface area contributed by atoms with Gasteiger partial charge in [0, 0.05) is 11.6 Å². The number of ether oxygens (including phenoxy) is 1. The summed E-state index contributed by atoms with van der Waals surface area (Å²) in [6.45, 7) is 0. The maximum absolute atomic E-state index is 11.0. The molecule has 20 heavy (non-hydrogen) atoms. The van der Waals surface area contributed by atoms with Crippen LogP contribution in [0.25, 0.3) is 11.3 Å². The van der Waals surface area contributed by atoms with Crippen LogP contribution in [0.5, 0.6) is 5.75 Å². The molecule has 1 heterocycles. The molecule has 6 heteroatoms. The minimum absolute atomic E-state index is 0.0601. The van der Waals surface area contributed by atoms with E-state index in [1.807, 2.05) is 0 Å². The zero-order chi connectivity index (χ0) is 14.1. The fourth-order valence-electron chi connectivity index (χ4n) is 1.90. The van der Waals surface area contributed by atoms with Gasteiger partial charge in [-0.05, 0) is 43.2 Å². The van der Waals surface area contributed by atoms with Gasteiger partial charge in [-0.25, -0.2) is 4.98 Å². The molecule has 2 aromatic rings. The molecule has 2 N–H and O–H groups in total. The summed E-state index contributed by atoms with van der Waals surface area (Å²) in [5.41, 5.74) is 6.47. The van der Waals surface area contributed by atoms with Crippen LogP contribution in [0.2, 0.25) is 0 Å². The molecule has 102 valence electrons. The molecule has 0 saturated heterocycles. The van der Waals surface area contributed by atoms with Crippen molar-refractivity contribution in [3.05, 3.63) is 46.5 Å². The van der Waals surface area contributed by atoms with Gasteiger partial charge in [-0.15, -0.1) is 0 Å². The van der Waals surface area contributed by atoms with E-state index < -0.39 is 4.92 Å². The number of hydrogen-bond donors (Lipinski definition) is 1. The fourth-order valence-corrected chi connectivity index (χ4v) is 1.90. The largest absolute Gasteiger partial charge is 0.490 e. The average molecular weight is 271 g/mol. The number of rotatable bonds is 4. The molecule has 1 aromatic carbocycles. The molecule has 1 fully saturated rings. The molecule has 1 aliphatic carbocycles. The Bertz CT molecular complexity index is 651. The Balaban J connectivity index is 1.94. The number of aromatic nitrogens is 1. The molecule has 0 unspecified atom stereocenters. The normalized spacial score (nSPS) is 14.0. The van der Waals surface area contributed by atoms with Crippen molar-refractivity contribution in [2.45, 2.75) is 18.9 Å². The Kier molecular flexibility index (Phi) is 2.98. The van der Waals surface area contributed by atoms with Crippen LogP contribution in [-0.4, -0.2) is 16.0 Å². The second-order valence-corrected chi connectivity index (χ2v) is 4.70. The summed E-state index contributed by atoms with van der Waals surface area (Å²) in [4.78, 5) is 14.6. The molecular weight excluding hydrogens is 258 g/mol. The fraction of sp³-hybridized carbons (Fsp3) is 0.214. The van der Waals surface area contributed by atoms with Crippen LogP contribution in [0, 0.1) is 10.1 Å². The molecule has 1 saturated carbocycles. The van der Waals surface area contributed by atoms with E-state index in [9.17, 15) is 10.1 Å². The van der Waals surface area contributed by atoms with Crippen molar-refractivity contribution in [3.8, 4) is 17.0 Å². The predicted molar refractivity (Wildman–Crippen MR) is 74.4 cm³/mol. The zero-order valence-corrected chi connectivity index (χ0v) is 10.7. The molecular formula is C14H13N3O3. The third kappa shape index (κ3) is 2.54. The molecule has 0 aliphatic heterocycles. The Hall–Kier alpha value is -2.63. The van der Waals surface area contributed by atoms with E-state index in [1.165, 1.54) is 12.1 Å². The van der Waals surface area contributed by atoms with Gasteiger partial charge in [0.15, 0.2) is 5.69 Å². The van der Waals surface area contributed by atoms with Crippen molar-refractivity contribution in [2.75, 3.05) is 5.73 Å². The van der Waals surface area contributed by atoms with Gasteiger partial charge in [-0.2, -0.15) is 0 Å². The first-order valence-electron chi connectivity index (χ1n) is 6.31. The van der Waals surface area contributed by atoms with E-state index >= 15 is 0 Å². The monoisotopic (exact) mass is 271 g/mol. The predicted octanol–water partition coefficient (Wildman–Crippen LogP) is 2.78. The van der Waals surface area contributed by atoms with Crippen molar-refractivity contribution in [3.63, 3.8) is 0 Å². The highest BCUT2D eigenvalue weighted by molar-refractivity contribution is 5.71. The maximum Gasteiger partial charge on any atom is 0.295 e. The molecule has 0 bridgehead atoms. The highest BCUT2D eigenvalue weighted by atomic mass is 16.6. The lowest BCUT2D eigenvalue weighted by Gasteiger charge is -2.06. The van der Waals surface area contributed by atoms with Crippen molar-refractivity contribution < 1.29 is 9.66 Å². The van der Waals surface area contributed by atoms with Gasteiger partial charge in [0.05, 0.1) is 11.0 Å². The molecule has 0 radical (unpaired) electrons. The zero-order valence-electron chi connectivity index (χ0n) is 10.7.